The largest absolute Gasteiger partial charge is 0.373 e. The first-order chi connectivity index (χ1) is 13.1. The molecule has 2 aliphatic rings. The van der Waals surface area contributed by atoms with Gasteiger partial charge in [-0.05, 0) is 31.5 Å². The molecule has 3 rings (SSSR count). The third-order valence-electron chi connectivity index (χ3n) is 5.55. The molecular formula is C20H27ClN4O3. The zero-order chi connectivity index (χ0) is 20.7. The van der Waals surface area contributed by atoms with Gasteiger partial charge in [-0.1, -0.05) is 11.6 Å². The average Bonchev–Trinajstić information content (AvgIpc) is 2.97. The number of piperazine rings is 1. The number of halogens is 1. The van der Waals surface area contributed by atoms with E-state index < -0.39 is 17.6 Å². The lowest BCUT2D eigenvalue weighted by molar-refractivity contribution is -0.143. The van der Waals surface area contributed by atoms with E-state index in [4.69, 9.17) is 11.6 Å². The molecule has 152 valence electrons. The Labute approximate surface area is 170 Å². The molecular weight excluding hydrogens is 380 g/mol. The Hall–Kier alpha value is -2.12. The standard InChI is InChI=1S/C20H27ClN4O3/c1-11-9-25(12(2)8-22-11)19(27)14-6-13-15(18(26)20(28)23(3)4)10-24(5)17(13)7-16(14)21/h6-7,11-12,15,22H,8-10H2,1-5H3/t11-,12+,15?/m0/s1. The number of Topliss-reactive ketones (excluding diaryl/α,β-unsaturated/α-hetero) is 1. The first-order valence-electron chi connectivity index (χ1n) is 9.46. The summed E-state index contributed by atoms with van der Waals surface area (Å²) in [4.78, 5) is 43.1. The van der Waals surface area contributed by atoms with Gasteiger partial charge >= 0.3 is 0 Å². The topological polar surface area (TPSA) is 73.0 Å². The summed E-state index contributed by atoms with van der Waals surface area (Å²) < 4.78 is 0. The monoisotopic (exact) mass is 406 g/mol. The molecule has 2 heterocycles. The molecule has 7 nitrogen and oxygen atoms in total. The molecule has 1 unspecified atom stereocenters. The molecule has 0 spiro atoms. The van der Waals surface area contributed by atoms with E-state index in [9.17, 15) is 14.4 Å². The minimum Gasteiger partial charge on any atom is -0.373 e. The molecule has 0 radical (unpaired) electrons. The number of nitrogens with zero attached hydrogens (tertiary/aromatic N) is 3. The maximum absolute atomic E-state index is 13.2. The van der Waals surface area contributed by atoms with Crippen LogP contribution in [0, 0.1) is 0 Å². The van der Waals surface area contributed by atoms with Crippen molar-refractivity contribution in [2.45, 2.75) is 31.8 Å². The number of carbonyl (C=O) groups is 3. The Bertz CT molecular complexity index is 826. The Balaban J connectivity index is 1.98. The second-order valence-corrected chi connectivity index (χ2v) is 8.41. The van der Waals surface area contributed by atoms with Crippen LogP contribution in [0.3, 0.4) is 0 Å². The molecule has 1 saturated heterocycles. The van der Waals surface area contributed by atoms with E-state index in [1.54, 1.807) is 26.2 Å². The van der Waals surface area contributed by atoms with Crippen LogP contribution in [0.4, 0.5) is 5.69 Å². The maximum atomic E-state index is 13.2. The van der Waals surface area contributed by atoms with E-state index in [0.717, 1.165) is 12.2 Å². The first kappa shape index (κ1) is 20.6. The zero-order valence-electron chi connectivity index (χ0n) is 17.0. The van der Waals surface area contributed by atoms with Crippen molar-refractivity contribution in [3.8, 4) is 0 Å². The van der Waals surface area contributed by atoms with E-state index in [1.165, 1.54) is 4.90 Å². The highest BCUT2D eigenvalue weighted by atomic mass is 35.5. The summed E-state index contributed by atoms with van der Waals surface area (Å²) in [7, 11) is 4.97. The Morgan fingerprint density at radius 1 is 1.18 bits per heavy atom. The highest BCUT2D eigenvalue weighted by molar-refractivity contribution is 6.39. The van der Waals surface area contributed by atoms with E-state index in [1.807, 2.05) is 30.7 Å². The van der Waals surface area contributed by atoms with Gasteiger partial charge < -0.3 is 20.0 Å². The van der Waals surface area contributed by atoms with Gasteiger partial charge in [0.05, 0.1) is 16.5 Å². The van der Waals surface area contributed by atoms with Crippen molar-refractivity contribution >= 4 is 34.9 Å². The van der Waals surface area contributed by atoms with Crippen molar-refractivity contribution in [2.75, 3.05) is 45.7 Å². The fourth-order valence-corrected chi connectivity index (χ4v) is 4.12. The SMILES string of the molecule is C[C@@H]1CN[C@@H](C)CN1C(=O)c1cc2c(cc1Cl)N(C)CC2C(=O)C(=O)N(C)C. The van der Waals surface area contributed by atoms with E-state index >= 15 is 0 Å². The molecule has 3 atom stereocenters. The van der Waals surface area contributed by atoms with Gasteiger partial charge in [0, 0.05) is 58.5 Å². The molecule has 8 heteroatoms. The van der Waals surface area contributed by atoms with Crippen LogP contribution < -0.4 is 10.2 Å². The summed E-state index contributed by atoms with van der Waals surface area (Å²) in [5, 5.41) is 3.72. The second kappa shape index (κ2) is 7.72. The number of ketones is 1. The summed E-state index contributed by atoms with van der Waals surface area (Å²) in [5.74, 6) is -1.76. The van der Waals surface area contributed by atoms with Crippen LogP contribution in [-0.2, 0) is 9.59 Å². The number of hydrogen-bond donors (Lipinski definition) is 1. The molecule has 0 aromatic heterocycles. The average molecular weight is 407 g/mol. The number of likely N-dealkylation sites (N-methyl/N-ethyl adjacent to an activating group) is 2. The van der Waals surface area contributed by atoms with Crippen LogP contribution in [0.1, 0.15) is 35.7 Å². The first-order valence-corrected chi connectivity index (χ1v) is 9.84. The molecule has 0 aliphatic carbocycles. The van der Waals surface area contributed by atoms with Crippen molar-refractivity contribution < 1.29 is 14.4 Å². The third kappa shape index (κ3) is 3.61. The molecule has 1 N–H and O–H groups in total. The maximum Gasteiger partial charge on any atom is 0.290 e. The molecule has 1 aromatic rings. The lowest BCUT2D eigenvalue weighted by atomic mass is 9.94. The summed E-state index contributed by atoms with van der Waals surface area (Å²) in [6.07, 6.45) is 0. The number of benzene rings is 1. The molecule has 1 aromatic carbocycles. The van der Waals surface area contributed by atoms with Crippen molar-refractivity contribution in [1.29, 1.82) is 0 Å². The predicted octanol–water partition coefficient (Wildman–Crippen LogP) is 1.35. The summed E-state index contributed by atoms with van der Waals surface area (Å²) >= 11 is 6.46. The summed E-state index contributed by atoms with van der Waals surface area (Å²) in [6, 6.07) is 3.68. The van der Waals surface area contributed by atoms with Crippen molar-refractivity contribution in [1.82, 2.24) is 15.1 Å². The van der Waals surface area contributed by atoms with Gasteiger partial charge in [-0.2, -0.15) is 0 Å². The van der Waals surface area contributed by atoms with Crippen LogP contribution in [-0.4, -0.2) is 80.3 Å². The van der Waals surface area contributed by atoms with E-state index in [0.29, 0.717) is 29.2 Å². The normalized spacial score (nSPS) is 24.1. The molecule has 2 amide bonds. The minimum absolute atomic E-state index is 0.0449. The molecule has 1 fully saturated rings. The third-order valence-corrected chi connectivity index (χ3v) is 5.86. The Morgan fingerprint density at radius 2 is 1.86 bits per heavy atom. The van der Waals surface area contributed by atoms with Crippen LogP contribution in [0.25, 0.3) is 0 Å². The van der Waals surface area contributed by atoms with Crippen LogP contribution >= 0.6 is 11.6 Å². The van der Waals surface area contributed by atoms with Crippen molar-refractivity contribution in [3.05, 3.63) is 28.3 Å². The Morgan fingerprint density at radius 3 is 2.50 bits per heavy atom. The van der Waals surface area contributed by atoms with Crippen molar-refractivity contribution in [3.63, 3.8) is 0 Å². The minimum atomic E-state index is -0.599. The van der Waals surface area contributed by atoms with Crippen LogP contribution in [0.15, 0.2) is 12.1 Å². The van der Waals surface area contributed by atoms with E-state index in [-0.39, 0.29) is 18.0 Å². The molecule has 28 heavy (non-hydrogen) atoms. The van der Waals surface area contributed by atoms with Crippen molar-refractivity contribution in [2.24, 2.45) is 0 Å². The second-order valence-electron chi connectivity index (χ2n) is 8.00. The fraction of sp³-hybridized carbons (Fsp3) is 0.550. The molecule has 2 aliphatic heterocycles. The number of hydrogen-bond acceptors (Lipinski definition) is 5. The number of fused-ring (bicyclic) bond motifs is 1. The van der Waals surface area contributed by atoms with Gasteiger partial charge in [-0.3, -0.25) is 14.4 Å². The van der Waals surface area contributed by atoms with Crippen LogP contribution in [0.5, 0.6) is 0 Å². The molecule has 0 bridgehead atoms. The lowest BCUT2D eigenvalue weighted by Gasteiger charge is -2.37. The zero-order valence-corrected chi connectivity index (χ0v) is 17.7. The number of carbonyl (C=O) groups excluding carboxylic acids is 3. The number of anilines is 1. The fourth-order valence-electron chi connectivity index (χ4n) is 3.88. The van der Waals surface area contributed by atoms with Gasteiger partial charge in [0.25, 0.3) is 11.8 Å². The highest BCUT2D eigenvalue weighted by Crippen LogP contribution is 2.40. The highest BCUT2D eigenvalue weighted by Gasteiger charge is 2.38. The quantitative estimate of drug-likeness (QED) is 0.767. The van der Waals surface area contributed by atoms with Gasteiger partial charge in [0.1, 0.15) is 0 Å². The number of rotatable bonds is 3. The van der Waals surface area contributed by atoms with Crippen LogP contribution in [0.2, 0.25) is 5.02 Å². The lowest BCUT2D eigenvalue weighted by Crippen LogP contribution is -2.56. The smallest absolute Gasteiger partial charge is 0.290 e. The summed E-state index contributed by atoms with van der Waals surface area (Å²) in [5.41, 5.74) is 1.85. The Kier molecular flexibility index (Phi) is 5.68. The van der Waals surface area contributed by atoms with Gasteiger partial charge in [0.2, 0.25) is 5.78 Å². The number of amides is 2. The van der Waals surface area contributed by atoms with Gasteiger partial charge in [-0.15, -0.1) is 0 Å². The predicted molar refractivity (Wildman–Crippen MR) is 109 cm³/mol. The van der Waals surface area contributed by atoms with E-state index in [2.05, 4.69) is 5.32 Å². The summed E-state index contributed by atoms with van der Waals surface area (Å²) in [6.45, 7) is 5.73. The number of nitrogens with one attached hydrogen (secondary N) is 1. The van der Waals surface area contributed by atoms with Gasteiger partial charge in [0.15, 0.2) is 0 Å². The van der Waals surface area contributed by atoms with Gasteiger partial charge in [-0.25, -0.2) is 0 Å². The molecule has 0 saturated carbocycles.